The van der Waals surface area contributed by atoms with Gasteiger partial charge in [0.2, 0.25) is 11.8 Å². The van der Waals surface area contributed by atoms with Crippen LogP contribution in [0.1, 0.15) is 44.3 Å². The predicted octanol–water partition coefficient (Wildman–Crippen LogP) is 2.91. The van der Waals surface area contributed by atoms with Crippen LogP contribution in [-0.4, -0.2) is 38.9 Å². The molecule has 0 saturated heterocycles. The van der Waals surface area contributed by atoms with Crippen molar-refractivity contribution in [3.8, 4) is 17.4 Å². The summed E-state index contributed by atoms with van der Waals surface area (Å²) in [4.78, 5) is 37.2. The van der Waals surface area contributed by atoms with Gasteiger partial charge >= 0.3 is 5.97 Å². The number of nitrogens with zero attached hydrogens (tertiary/aromatic N) is 1. The Morgan fingerprint density at radius 3 is 2.07 bits per heavy atom. The summed E-state index contributed by atoms with van der Waals surface area (Å²) in [6, 6.07) is 9.72. The first-order chi connectivity index (χ1) is 14.3. The molecule has 1 aliphatic carbocycles. The van der Waals surface area contributed by atoms with Crippen LogP contribution in [0, 0.1) is 5.82 Å². The van der Waals surface area contributed by atoms with Gasteiger partial charge in [-0.05, 0) is 24.6 Å². The lowest BCUT2D eigenvalue weighted by Crippen LogP contribution is -2.19. The van der Waals surface area contributed by atoms with Crippen LogP contribution in [0.4, 0.5) is 4.39 Å². The van der Waals surface area contributed by atoms with E-state index in [1.165, 1.54) is 24.3 Å². The molecule has 2 N–H and O–H groups in total. The lowest BCUT2D eigenvalue weighted by molar-refractivity contribution is -0.142. The van der Waals surface area contributed by atoms with Crippen LogP contribution in [0.5, 0.6) is 11.8 Å². The lowest BCUT2D eigenvalue weighted by atomic mass is 9.86. The first-order valence-corrected chi connectivity index (χ1v) is 9.14. The number of rotatable bonds is 4. The third-order valence-corrected chi connectivity index (χ3v) is 4.93. The van der Waals surface area contributed by atoms with Gasteiger partial charge in [0.1, 0.15) is 5.82 Å². The molecule has 0 spiro atoms. The van der Waals surface area contributed by atoms with Gasteiger partial charge in [0.05, 0.1) is 29.8 Å². The van der Waals surface area contributed by atoms with Gasteiger partial charge in [-0.15, -0.1) is 0 Å². The molecule has 0 radical (unpaired) electrons. The Labute approximate surface area is 170 Å². The molecule has 0 atom stereocenters. The van der Waals surface area contributed by atoms with Crippen molar-refractivity contribution < 1.29 is 33.7 Å². The summed E-state index contributed by atoms with van der Waals surface area (Å²) < 4.78 is 20.2. The van der Waals surface area contributed by atoms with E-state index in [4.69, 9.17) is 4.74 Å². The van der Waals surface area contributed by atoms with Crippen LogP contribution in [0.2, 0.25) is 0 Å². The molecule has 1 aromatic heterocycles. The fourth-order valence-electron chi connectivity index (χ4n) is 3.56. The number of carbonyl (C=O) groups excluding carboxylic acids is 3. The zero-order chi connectivity index (χ0) is 21.6. The number of hydrogen-bond donors (Lipinski definition) is 2. The summed E-state index contributed by atoms with van der Waals surface area (Å²) in [6.45, 7) is 1.80. The Morgan fingerprint density at radius 1 is 1.00 bits per heavy atom. The Balaban J connectivity index is 1.81. The normalized spacial score (nSPS) is 12.5. The highest BCUT2D eigenvalue weighted by atomic mass is 19.1. The fraction of sp³-hybridized carbons (Fsp3) is 0.136. The zero-order valence-electron chi connectivity index (χ0n) is 15.8. The molecule has 0 aliphatic heterocycles. The van der Waals surface area contributed by atoms with Gasteiger partial charge in [0.25, 0.3) is 0 Å². The van der Waals surface area contributed by atoms with E-state index in [2.05, 4.69) is 0 Å². The topological polar surface area (TPSA) is 106 Å². The van der Waals surface area contributed by atoms with Gasteiger partial charge < -0.3 is 14.9 Å². The average molecular weight is 409 g/mol. The first kappa shape index (κ1) is 19.4. The standard InChI is InChI=1S/C22H16FNO6/c1-2-30-16(25)9-11-7-8-12(10-15(11)23)24-21(28)17-18(22(24)29)20(27)14-6-4-3-5-13(14)19(17)26/h3-8,10,28-29H,2,9H2,1H3. The second-order valence-corrected chi connectivity index (χ2v) is 6.69. The van der Waals surface area contributed by atoms with Crippen LogP contribution in [0.3, 0.4) is 0 Å². The van der Waals surface area contributed by atoms with Crippen LogP contribution in [0.25, 0.3) is 5.69 Å². The summed E-state index contributed by atoms with van der Waals surface area (Å²) in [5.74, 6) is -3.95. The third kappa shape index (κ3) is 2.85. The molecule has 0 fully saturated rings. The minimum absolute atomic E-state index is 0.0193. The molecular formula is C22H16FNO6. The molecule has 30 heavy (non-hydrogen) atoms. The highest BCUT2D eigenvalue weighted by molar-refractivity contribution is 6.30. The molecule has 0 unspecified atom stereocenters. The van der Waals surface area contributed by atoms with Crippen molar-refractivity contribution in [2.75, 3.05) is 6.61 Å². The number of aromatic nitrogens is 1. The second kappa shape index (κ2) is 7.14. The van der Waals surface area contributed by atoms with Crippen molar-refractivity contribution in [1.82, 2.24) is 4.57 Å². The van der Waals surface area contributed by atoms with E-state index in [1.54, 1.807) is 19.1 Å². The van der Waals surface area contributed by atoms with Gasteiger partial charge in [-0.2, -0.15) is 0 Å². The van der Waals surface area contributed by atoms with Crippen LogP contribution < -0.4 is 0 Å². The number of hydrogen-bond acceptors (Lipinski definition) is 6. The minimum Gasteiger partial charge on any atom is -0.494 e. The number of ketones is 2. The Hall–Kier alpha value is -3.94. The number of aromatic hydroxyl groups is 2. The highest BCUT2D eigenvalue weighted by Gasteiger charge is 2.38. The Bertz CT molecular complexity index is 1170. The van der Waals surface area contributed by atoms with Crippen molar-refractivity contribution in [2.24, 2.45) is 0 Å². The smallest absolute Gasteiger partial charge is 0.310 e. The first-order valence-electron chi connectivity index (χ1n) is 9.14. The van der Waals surface area contributed by atoms with E-state index in [0.717, 1.165) is 10.6 Å². The van der Waals surface area contributed by atoms with Crippen molar-refractivity contribution in [1.29, 1.82) is 0 Å². The zero-order valence-corrected chi connectivity index (χ0v) is 15.8. The van der Waals surface area contributed by atoms with Gasteiger partial charge in [0.15, 0.2) is 11.6 Å². The SMILES string of the molecule is CCOC(=O)Cc1ccc(-n2c(O)c3c(c2O)C(=O)c2ccccc2C3=O)cc1F. The fourth-order valence-corrected chi connectivity index (χ4v) is 3.56. The molecular weight excluding hydrogens is 393 g/mol. The van der Waals surface area contributed by atoms with Crippen molar-refractivity contribution in [2.45, 2.75) is 13.3 Å². The average Bonchev–Trinajstić information content (AvgIpc) is 2.98. The number of carbonyl (C=O) groups is 3. The summed E-state index contributed by atoms with van der Waals surface area (Å²) in [5.41, 5.74) is -0.418. The quantitative estimate of drug-likeness (QED) is 0.502. The van der Waals surface area contributed by atoms with Crippen LogP contribution in [-0.2, 0) is 16.0 Å². The van der Waals surface area contributed by atoms with Crippen LogP contribution >= 0.6 is 0 Å². The molecule has 0 bridgehead atoms. The molecule has 1 heterocycles. The molecule has 7 nitrogen and oxygen atoms in total. The maximum atomic E-state index is 14.5. The summed E-state index contributed by atoms with van der Waals surface area (Å²) in [6.07, 6.45) is -0.285. The van der Waals surface area contributed by atoms with E-state index in [-0.39, 0.29) is 46.5 Å². The number of benzene rings is 2. The molecule has 152 valence electrons. The molecule has 0 saturated carbocycles. The van der Waals surface area contributed by atoms with Gasteiger partial charge in [-0.25, -0.2) is 4.39 Å². The molecule has 4 rings (SSSR count). The summed E-state index contributed by atoms with van der Waals surface area (Å²) in [5, 5.41) is 21.3. The third-order valence-electron chi connectivity index (χ3n) is 4.93. The predicted molar refractivity (Wildman–Crippen MR) is 103 cm³/mol. The van der Waals surface area contributed by atoms with E-state index in [0.29, 0.717) is 0 Å². The lowest BCUT2D eigenvalue weighted by Gasteiger charge is -2.13. The highest BCUT2D eigenvalue weighted by Crippen LogP contribution is 2.42. The maximum Gasteiger partial charge on any atom is 0.310 e. The number of esters is 1. The molecule has 0 amide bonds. The van der Waals surface area contributed by atoms with Gasteiger partial charge in [-0.1, -0.05) is 30.3 Å². The van der Waals surface area contributed by atoms with Gasteiger partial charge in [-0.3, -0.25) is 19.0 Å². The molecule has 3 aromatic rings. The van der Waals surface area contributed by atoms with E-state index >= 15 is 0 Å². The van der Waals surface area contributed by atoms with E-state index in [9.17, 15) is 29.0 Å². The maximum absolute atomic E-state index is 14.5. The second-order valence-electron chi connectivity index (χ2n) is 6.69. The monoisotopic (exact) mass is 409 g/mol. The van der Waals surface area contributed by atoms with E-state index in [1.807, 2.05) is 0 Å². The Kier molecular flexibility index (Phi) is 4.62. The van der Waals surface area contributed by atoms with Crippen molar-refractivity contribution in [3.63, 3.8) is 0 Å². The summed E-state index contributed by atoms with van der Waals surface area (Å²) >= 11 is 0. The number of fused-ring (bicyclic) bond motifs is 2. The van der Waals surface area contributed by atoms with E-state index < -0.39 is 35.1 Å². The van der Waals surface area contributed by atoms with Crippen molar-refractivity contribution >= 4 is 17.5 Å². The van der Waals surface area contributed by atoms with Gasteiger partial charge in [0, 0.05) is 11.1 Å². The largest absolute Gasteiger partial charge is 0.494 e. The number of halogens is 1. The summed E-state index contributed by atoms with van der Waals surface area (Å²) in [7, 11) is 0. The minimum atomic E-state index is -0.771. The molecule has 1 aliphatic rings. The number of ether oxygens (including phenoxy) is 1. The molecule has 2 aromatic carbocycles. The van der Waals surface area contributed by atoms with Crippen molar-refractivity contribution in [3.05, 3.63) is 76.1 Å². The Morgan fingerprint density at radius 2 is 1.57 bits per heavy atom. The molecule has 8 heteroatoms. The van der Waals surface area contributed by atoms with Crippen LogP contribution in [0.15, 0.2) is 42.5 Å².